The minimum atomic E-state index is -3.76. The highest BCUT2D eigenvalue weighted by molar-refractivity contribution is 7.92. The molecule has 6 rings (SSSR count). The van der Waals surface area contributed by atoms with Crippen molar-refractivity contribution in [2.75, 3.05) is 23.7 Å². The van der Waals surface area contributed by atoms with E-state index in [1.165, 1.54) is 53.3 Å². The van der Waals surface area contributed by atoms with Gasteiger partial charge in [-0.1, -0.05) is 42.5 Å². The van der Waals surface area contributed by atoms with Gasteiger partial charge in [0, 0.05) is 12.1 Å². The summed E-state index contributed by atoms with van der Waals surface area (Å²) in [5, 5.41) is 2.96. The molecule has 4 aliphatic carbocycles. The van der Waals surface area contributed by atoms with Crippen molar-refractivity contribution in [2.24, 2.45) is 17.8 Å². The number of anilines is 1. The summed E-state index contributed by atoms with van der Waals surface area (Å²) in [6.07, 6.45) is 9.50. The van der Waals surface area contributed by atoms with E-state index < -0.39 is 27.5 Å². The largest absolute Gasteiger partial charge is 0.350 e. The summed E-state index contributed by atoms with van der Waals surface area (Å²) in [5.74, 6) is 1.79. The molecule has 1 atom stereocenters. The molecule has 1 N–H and O–H groups in total. The SMILES string of the molecule is C[C@H](C(=O)NC(C)(C)C)N(CCc1ccccc1)C(=O)CN(c1ccc(C23CC4CC(CC(C4)C2)C3)cc1)S(C)(=O)=O. The lowest BCUT2D eigenvalue weighted by Crippen LogP contribution is -2.55. The van der Waals surface area contributed by atoms with Gasteiger partial charge in [0.15, 0.2) is 0 Å². The van der Waals surface area contributed by atoms with Gasteiger partial charge in [-0.25, -0.2) is 8.42 Å². The third-order valence-corrected chi connectivity index (χ3v) is 10.8. The Labute approximate surface area is 252 Å². The predicted molar refractivity (Wildman–Crippen MR) is 168 cm³/mol. The summed E-state index contributed by atoms with van der Waals surface area (Å²) in [6, 6.07) is 16.9. The highest BCUT2D eigenvalue weighted by atomic mass is 32.2. The van der Waals surface area contributed by atoms with Crippen molar-refractivity contribution in [3.05, 3.63) is 65.7 Å². The Kier molecular flexibility index (Phi) is 8.49. The summed E-state index contributed by atoms with van der Waals surface area (Å²) in [7, 11) is -3.76. The number of sulfonamides is 1. The summed E-state index contributed by atoms with van der Waals surface area (Å²) in [5.41, 5.74) is 2.58. The fourth-order valence-electron chi connectivity index (χ4n) is 8.10. The van der Waals surface area contributed by atoms with Crippen LogP contribution in [0.1, 0.15) is 77.3 Å². The van der Waals surface area contributed by atoms with E-state index in [1.807, 2.05) is 63.2 Å². The van der Waals surface area contributed by atoms with Crippen LogP contribution in [0, 0.1) is 17.8 Å². The molecule has 42 heavy (non-hydrogen) atoms. The number of carbonyl (C=O) groups is 2. The Morgan fingerprint density at radius 2 is 1.48 bits per heavy atom. The van der Waals surface area contributed by atoms with Crippen molar-refractivity contribution in [3.8, 4) is 0 Å². The number of carbonyl (C=O) groups excluding carboxylic acids is 2. The highest BCUT2D eigenvalue weighted by Gasteiger charge is 2.51. The van der Waals surface area contributed by atoms with Gasteiger partial charge >= 0.3 is 0 Å². The molecule has 2 aromatic rings. The molecule has 0 aliphatic heterocycles. The molecule has 0 aromatic heterocycles. The Morgan fingerprint density at radius 1 is 0.929 bits per heavy atom. The molecule has 228 valence electrons. The van der Waals surface area contributed by atoms with Crippen molar-refractivity contribution < 1.29 is 18.0 Å². The van der Waals surface area contributed by atoms with Crippen LogP contribution in [0.5, 0.6) is 0 Å². The van der Waals surface area contributed by atoms with E-state index in [-0.39, 0.29) is 17.9 Å². The maximum Gasteiger partial charge on any atom is 0.244 e. The van der Waals surface area contributed by atoms with Crippen LogP contribution in [0.4, 0.5) is 5.69 Å². The zero-order valence-corrected chi connectivity index (χ0v) is 26.6. The molecule has 0 unspecified atom stereocenters. The fourth-order valence-corrected chi connectivity index (χ4v) is 8.95. The van der Waals surface area contributed by atoms with Gasteiger partial charge in [0.1, 0.15) is 12.6 Å². The Bertz CT molecular complexity index is 1350. The number of nitrogens with one attached hydrogen (secondary N) is 1. The van der Waals surface area contributed by atoms with Crippen LogP contribution in [0.15, 0.2) is 54.6 Å². The van der Waals surface area contributed by atoms with E-state index >= 15 is 0 Å². The minimum absolute atomic E-state index is 0.211. The quantitative estimate of drug-likeness (QED) is 0.405. The number of hydrogen-bond acceptors (Lipinski definition) is 4. The van der Waals surface area contributed by atoms with Crippen LogP contribution in [0.25, 0.3) is 0 Å². The smallest absolute Gasteiger partial charge is 0.244 e. The van der Waals surface area contributed by atoms with Crippen LogP contribution in [-0.2, 0) is 31.4 Å². The van der Waals surface area contributed by atoms with Crippen molar-refractivity contribution in [1.29, 1.82) is 0 Å². The molecule has 0 radical (unpaired) electrons. The molecule has 4 bridgehead atoms. The van der Waals surface area contributed by atoms with E-state index in [1.54, 1.807) is 6.92 Å². The van der Waals surface area contributed by atoms with Crippen molar-refractivity contribution >= 4 is 27.5 Å². The molecular formula is C34H47N3O4S. The maximum atomic E-state index is 13.8. The first-order valence-corrected chi connectivity index (χ1v) is 17.3. The average Bonchev–Trinajstić information content (AvgIpc) is 2.90. The topological polar surface area (TPSA) is 86.8 Å². The van der Waals surface area contributed by atoms with Gasteiger partial charge in [-0.3, -0.25) is 13.9 Å². The number of nitrogens with zero attached hydrogens (tertiary/aromatic N) is 2. The Morgan fingerprint density at radius 3 is 1.98 bits per heavy atom. The Hall–Kier alpha value is -2.87. The van der Waals surface area contributed by atoms with Crippen LogP contribution in [0.3, 0.4) is 0 Å². The number of rotatable bonds is 10. The number of amides is 2. The summed E-state index contributed by atoms with van der Waals surface area (Å²) < 4.78 is 27.3. The standard InChI is InChI=1S/C34H47N3O4S/c1-24(32(39)35-33(2,3)4)36(16-15-25-9-7-6-8-10-25)31(38)23-37(42(5,40)41)30-13-11-29(12-14-30)34-20-26-17-27(21-34)19-28(18-26)22-34/h6-14,24,26-28H,15-23H2,1-5H3,(H,35,39)/t24-,26?,27?,28?,34?/m1/s1. The van der Waals surface area contributed by atoms with Crippen LogP contribution < -0.4 is 9.62 Å². The van der Waals surface area contributed by atoms with Crippen LogP contribution in [-0.4, -0.2) is 56.1 Å². The van der Waals surface area contributed by atoms with Gasteiger partial charge in [0.25, 0.3) is 0 Å². The predicted octanol–water partition coefficient (Wildman–Crippen LogP) is 5.29. The molecule has 4 saturated carbocycles. The van der Waals surface area contributed by atoms with Crippen molar-refractivity contribution in [3.63, 3.8) is 0 Å². The van der Waals surface area contributed by atoms with Gasteiger partial charge < -0.3 is 10.2 Å². The number of hydrogen-bond donors (Lipinski definition) is 1. The van der Waals surface area contributed by atoms with Crippen LogP contribution in [0.2, 0.25) is 0 Å². The second-order valence-corrected chi connectivity index (χ2v) is 16.2. The van der Waals surface area contributed by atoms with Gasteiger partial charge in [-0.2, -0.15) is 0 Å². The van der Waals surface area contributed by atoms with E-state index in [2.05, 4.69) is 17.4 Å². The lowest BCUT2D eigenvalue weighted by atomic mass is 9.48. The molecular weight excluding hydrogens is 546 g/mol. The third kappa shape index (κ3) is 6.85. The van der Waals surface area contributed by atoms with Gasteiger partial charge in [-0.05, 0) is 119 Å². The molecule has 4 aliphatic rings. The summed E-state index contributed by atoms with van der Waals surface area (Å²) >= 11 is 0. The first-order valence-electron chi connectivity index (χ1n) is 15.5. The lowest BCUT2D eigenvalue weighted by Gasteiger charge is -2.57. The lowest BCUT2D eigenvalue weighted by molar-refractivity contribution is -0.139. The molecule has 0 heterocycles. The third-order valence-electron chi connectivity index (χ3n) is 9.63. The molecule has 2 amide bonds. The maximum absolute atomic E-state index is 13.8. The zero-order valence-electron chi connectivity index (χ0n) is 25.8. The van der Waals surface area contributed by atoms with Gasteiger partial charge in [0.05, 0.1) is 11.9 Å². The molecule has 4 fully saturated rings. The number of benzene rings is 2. The first kappa shape index (κ1) is 30.6. The molecule has 2 aromatic carbocycles. The summed E-state index contributed by atoms with van der Waals surface area (Å²) in [6.45, 7) is 7.32. The monoisotopic (exact) mass is 593 g/mol. The minimum Gasteiger partial charge on any atom is -0.350 e. The molecule has 8 heteroatoms. The van der Waals surface area contributed by atoms with Gasteiger partial charge in [-0.15, -0.1) is 0 Å². The second kappa shape index (κ2) is 11.7. The van der Waals surface area contributed by atoms with E-state index in [0.717, 1.165) is 29.6 Å². The first-order chi connectivity index (χ1) is 19.7. The Balaban J connectivity index is 1.36. The highest BCUT2D eigenvalue weighted by Crippen LogP contribution is 2.60. The molecule has 0 saturated heterocycles. The van der Waals surface area contributed by atoms with E-state index in [4.69, 9.17) is 0 Å². The molecule has 0 spiro atoms. The average molecular weight is 594 g/mol. The zero-order chi connectivity index (χ0) is 30.3. The second-order valence-electron chi connectivity index (χ2n) is 14.3. The van der Waals surface area contributed by atoms with E-state index in [0.29, 0.717) is 18.7 Å². The van der Waals surface area contributed by atoms with E-state index in [9.17, 15) is 18.0 Å². The van der Waals surface area contributed by atoms with Gasteiger partial charge in [0.2, 0.25) is 21.8 Å². The molecule has 7 nitrogen and oxygen atoms in total. The fraction of sp³-hybridized carbons (Fsp3) is 0.588. The normalized spacial score (nSPS) is 25.6. The summed E-state index contributed by atoms with van der Waals surface area (Å²) in [4.78, 5) is 28.5. The van der Waals surface area contributed by atoms with Crippen LogP contribution >= 0.6 is 0 Å². The van der Waals surface area contributed by atoms with Crippen molar-refractivity contribution in [1.82, 2.24) is 10.2 Å². The van der Waals surface area contributed by atoms with Crippen molar-refractivity contribution in [2.45, 2.75) is 89.6 Å².